The Morgan fingerprint density at radius 2 is 1.85 bits per heavy atom. The van der Waals surface area contributed by atoms with Gasteiger partial charge in [-0.1, -0.05) is 41.9 Å². The third-order valence-electron chi connectivity index (χ3n) is 5.67. The Hall–Kier alpha value is -4.04. The van der Waals surface area contributed by atoms with Crippen LogP contribution in [0.3, 0.4) is 0 Å². The summed E-state index contributed by atoms with van der Waals surface area (Å²) in [4.78, 5) is 30.6. The van der Waals surface area contributed by atoms with Crippen molar-refractivity contribution in [3.8, 4) is 0 Å². The molecule has 0 bridgehead atoms. The summed E-state index contributed by atoms with van der Waals surface area (Å²) in [5.41, 5.74) is 4.23. The van der Waals surface area contributed by atoms with Crippen LogP contribution < -0.4 is 10.9 Å². The summed E-state index contributed by atoms with van der Waals surface area (Å²) in [7, 11) is 0. The molecule has 0 fully saturated rings. The van der Waals surface area contributed by atoms with Gasteiger partial charge in [0.15, 0.2) is 0 Å². The lowest BCUT2D eigenvalue weighted by Crippen LogP contribution is -2.24. The standard InChI is InChI=1S/C25H19ClFN5O2/c1-14-7-10-20-21(11-14)31(13-16-6-4-3-5-15(16)2)25(34)23-29-22(30-32(20)23)24(33)28-19-9-8-17(27)12-18(19)26/h3-12H,13H2,1-2H3,(H,28,33). The summed E-state index contributed by atoms with van der Waals surface area (Å²) in [5.74, 6) is -1.39. The summed E-state index contributed by atoms with van der Waals surface area (Å²) in [6, 6.07) is 17.1. The number of aromatic nitrogens is 4. The first-order chi connectivity index (χ1) is 16.3. The highest BCUT2D eigenvalue weighted by Crippen LogP contribution is 2.23. The predicted octanol–water partition coefficient (Wildman–Crippen LogP) is 4.75. The van der Waals surface area contributed by atoms with Crippen LogP contribution in [0, 0.1) is 19.7 Å². The number of hydrogen-bond acceptors (Lipinski definition) is 4. The van der Waals surface area contributed by atoms with Crippen molar-refractivity contribution in [2.24, 2.45) is 0 Å². The number of nitrogens with zero attached hydrogens (tertiary/aromatic N) is 4. The SMILES string of the molecule is Cc1ccc2c(c1)n(Cc1ccccc1C)c(=O)c1nc(C(=O)Nc3ccc(F)cc3Cl)nn12. The van der Waals surface area contributed by atoms with E-state index in [1.807, 2.05) is 56.3 Å². The fourth-order valence-corrected chi connectivity index (χ4v) is 4.07. The van der Waals surface area contributed by atoms with Crippen LogP contribution in [-0.2, 0) is 6.54 Å². The Kier molecular flexibility index (Phi) is 5.37. The van der Waals surface area contributed by atoms with Gasteiger partial charge in [0.25, 0.3) is 11.5 Å². The maximum absolute atomic E-state index is 13.5. The van der Waals surface area contributed by atoms with Crippen LogP contribution in [0.4, 0.5) is 10.1 Å². The average molecular weight is 476 g/mol. The quantitative estimate of drug-likeness (QED) is 0.406. The normalized spacial score (nSPS) is 11.3. The number of carbonyl (C=O) groups is 1. The summed E-state index contributed by atoms with van der Waals surface area (Å²) in [6.45, 7) is 4.28. The summed E-state index contributed by atoms with van der Waals surface area (Å²) >= 11 is 6.01. The lowest BCUT2D eigenvalue weighted by Gasteiger charge is -2.13. The van der Waals surface area contributed by atoms with E-state index in [2.05, 4.69) is 15.4 Å². The van der Waals surface area contributed by atoms with Crippen molar-refractivity contribution in [2.45, 2.75) is 20.4 Å². The first kappa shape index (κ1) is 21.8. The Bertz CT molecular complexity index is 1660. The molecule has 1 amide bonds. The molecule has 1 N–H and O–H groups in total. The second-order valence-corrected chi connectivity index (χ2v) is 8.47. The molecule has 0 spiro atoms. The molecule has 5 aromatic rings. The number of hydrogen-bond donors (Lipinski definition) is 1. The molecule has 2 heterocycles. The molecule has 0 aliphatic rings. The molecule has 0 unspecified atom stereocenters. The van der Waals surface area contributed by atoms with Crippen molar-refractivity contribution < 1.29 is 9.18 Å². The average Bonchev–Trinajstić information content (AvgIpc) is 3.25. The Morgan fingerprint density at radius 1 is 1.06 bits per heavy atom. The van der Waals surface area contributed by atoms with Crippen LogP contribution in [0.25, 0.3) is 16.7 Å². The van der Waals surface area contributed by atoms with Crippen molar-refractivity contribution in [3.63, 3.8) is 0 Å². The number of aryl methyl sites for hydroxylation is 2. The molecule has 0 saturated carbocycles. The summed E-state index contributed by atoms with van der Waals surface area (Å²) < 4.78 is 16.4. The van der Waals surface area contributed by atoms with Gasteiger partial charge in [0.1, 0.15) is 5.82 Å². The van der Waals surface area contributed by atoms with Gasteiger partial charge in [0.05, 0.1) is 28.3 Å². The van der Waals surface area contributed by atoms with Crippen molar-refractivity contribution in [2.75, 3.05) is 5.32 Å². The first-order valence-electron chi connectivity index (χ1n) is 10.5. The van der Waals surface area contributed by atoms with E-state index in [0.717, 1.165) is 22.8 Å². The topological polar surface area (TPSA) is 81.3 Å². The largest absolute Gasteiger partial charge is 0.318 e. The van der Waals surface area contributed by atoms with Crippen LogP contribution in [0.2, 0.25) is 5.02 Å². The number of amides is 1. The monoisotopic (exact) mass is 475 g/mol. The molecule has 0 saturated heterocycles. The maximum atomic E-state index is 13.5. The zero-order valence-electron chi connectivity index (χ0n) is 18.3. The number of nitrogens with one attached hydrogen (secondary N) is 1. The molecular weight excluding hydrogens is 457 g/mol. The zero-order valence-corrected chi connectivity index (χ0v) is 19.1. The van der Waals surface area contributed by atoms with Crippen molar-refractivity contribution in [1.29, 1.82) is 0 Å². The predicted molar refractivity (Wildman–Crippen MR) is 129 cm³/mol. The molecule has 2 aromatic heterocycles. The van der Waals surface area contributed by atoms with E-state index < -0.39 is 11.7 Å². The molecular formula is C25H19ClFN5O2. The van der Waals surface area contributed by atoms with E-state index in [0.29, 0.717) is 17.6 Å². The van der Waals surface area contributed by atoms with Crippen LogP contribution in [-0.4, -0.2) is 25.1 Å². The van der Waals surface area contributed by atoms with Crippen molar-refractivity contribution in [1.82, 2.24) is 19.2 Å². The maximum Gasteiger partial charge on any atom is 0.296 e. The van der Waals surface area contributed by atoms with Gasteiger partial charge in [-0.05, 0) is 60.9 Å². The Labute approximate surface area is 198 Å². The number of anilines is 1. The minimum absolute atomic E-state index is 0.0280. The third-order valence-corrected chi connectivity index (χ3v) is 5.98. The first-order valence-corrected chi connectivity index (χ1v) is 10.9. The zero-order chi connectivity index (χ0) is 24.0. The highest BCUT2D eigenvalue weighted by Gasteiger charge is 2.20. The summed E-state index contributed by atoms with van der Waals surface area (Å²) in [6.07, 6.45) is 0. The second-order valence-electron chi connectivity index (χ2n) is 8.06. The van der Waals surface area contributed by atoms with Gasteiger partial charge in [-0.25, -0.2) is 8.91 Å². The van der Waals surface area contributed by atoms with E-state index in [-0.39, 0.29) is 27.7 Å². The van der Waals surface area contributed by atoms with E-state index in [1.54, 1.807) is 4.57 Å². The van der Waals surface area contributed by atoms with Gasteiger partial charge in [-0.3, -0.25) is 14.2 Å². The van der Waals surface area contributed by atoms with E-state index >= 15 is 0 Å². The van der Waals surface area contributed by atoms with Crippen molar-refractivity contribution >= 4 is 39.9 Å². The minimum Gasteiger partial charge on any atom is -0.318 e. The molecule has 170 valence electrons. The number of benzene rings is 3. The number of fused-ring (bicyclic) bond motifs is 3. The number of carbonyl (C=O) groups excluding carboxylic acids is 1. The van der Waals surface area contributed by atoms with Gasteiger partial charge >= 0.3 is 0 Å². The van der Waals surface area contributed by atoms with E-state index in [9.17, 15) is 14.0 Å². The molecule has 0 atom stereocenters. The van der Waals surface area contributed by atoms with Gasteiger partial charge in [-0.2, -0.15) is 4.98 Å². The van der Waals surface area contributed by atoms with E-state index in [4.69, 9.17) is 11.6 Å². The Balaban J connectivity index is 1.65. The van der Waals surface area contributed by atoms with Crippen LogP contribution >= 0.6 is 11.6 Å². The second kappa shape index (κ2) is 8.39. The molecule has 0 radical (unpaired) electrons. The van der Waals surface area contributed by atoms with E-state index in [1.165, 1.54) is 16.6 Å². The molecule has 0 aliphatic heterocycles. The molecule has 34 heavy (non-hydrogen) atoms. The smallest absolute Gasteiger partial charge is 0.296 e. The molecule has 5 rings (SSSR count). The fourth-order valence-electron chi connectivity index (χ4n) is 3.86. The van der Waals surface area contributed by atoms with Crippen molar-refractivity contribution in [3.05, 3.63) is 104 Å². The lowest BCUT2D eigenvalue weighted by molar-refractivity contribution is 0.101. The third kappa shape index (κ3) is 3.82. The minimum atomic E-state index is -0.665. The van der Waals surface area contributed by atoms with Crippen LogP contribution in [0.5, 0.6) is 0 Å². The lowest BCUT2D eigenvalue weighted by atomic mass is 10.1. The highest BCUT2D eigenvalue weighted by atomic mass is 35.5. The molecule has 3 aromatic carbocycles. The Morgan fingerprint density at radius 3 is 2.62 bits per heavy atom. The van der Waals surface area contributed by atoms with Gasteiger partial charge in [-0.15, -0.1) is 5.10 Å². The fraction of sp³-hybridized carbons (Fsp3) is 0.120. The highest BCUT2D eigenvalue weighted by molar-refractivity contribution is 6.33. The summed E-state index contributed by atoms with van der Waals surface area (Å²) in [5, 5.41) is 6.91. The number of rotatable bonds is 4. The molecule has 7 nitrogen and oxygen atoms in total. The molecule has 9 heteroatoms. The van der Waals surface area contributed by atoms with Gasteiger partial charge in [0, 0.05) is 0 Å². The van der Waals surface area contributed by atoms with Gasteiger partial charge < -0.3 is 5.32 Å². The number of halogens is 2. The van der Waals surface area contributed by atoms with Crippen LogP contribution in [0.1, 0.15) is 27.3 Å². The van der Waals surface area contributed by atoms with Gasteiger partial charge in [0.2, 0.25) is 11.5 Å². The van der Waals surface area contributed by atoms with Crippen LogP contribution in [0.15, 0.2) is 65.5 Å². The molecule has 0 aliphatic carbocycles.